The lowest BCUT2D eigenvalue weighted by molar-refractivity contribution is -0.123. The summed E-state index contributed by atoms with van der Waals surface area (Å²) in [6.07, 6.45) is 1.39. The van der Waals surface area contributed by atoms with Crippen LogP contribution in [-0.4, -0.2) is 24.1 Å². The minimum atomic E-state index is -0.791. The van der Waals surface area contributed by atoms with Gasteiger partial charge in [-0.1, -0.05) is 72.9 Å². The molecule has 0 fully saturated rings. The Hall–Kier alpha value is -2.08. The van der Waals surface area contributed by atoms with Crippen LogP contribution in [0.25, 0.3) is 0 Å². The lowest BCUT2D eigenvalue weighted by atomic mass is 10.0. The Labute approximate surface area is 172 Å². The second kappa shape index (κ2) is 9.74. The van der Waals surface area contributed by atoms with E-state index in [2.05, 4.69) is 15.8 Å². The van der Waals surface area contributed by atoms with Crippen molar-refractivity contribution in [1.82, 2.24) is 10.7 Å². The van der Waals surface area contributed by atoms with Crippen LogP contribution in [0.1, 0.15) is 29.8 Å². The highest BCUT2D eigenvalue weighted by molar-refractivity contribution is 6.43. The third kappa shape index (κ3) is 5.70. The highest BCUT2D eigenvalue weighted by atomic mass is 35.5. The van der Waals surface area contributed by atoms with Crippen molar-refractivity contribution in [2.75, 3.05) is 0 Å². The molecule has 5 nitrogen and oxygen atoms in total. The van der Waals surface area contributed by atoms with Crippen molar-refractivity contribution in [1.29, 1.82) is 0 Å². The molecule has 0 saturated heterocycles. The van der Waals surface area contributed by atoms with Crippen molar-refractivity contribution < 1.29 is 9.59 Å². The van der Waals surface area contributed by atoms with E-state index in [1.807, 2.05) is 13.8 Å². The van der Waals surface area contributed by atoms with E-state index in [-0.39, 0.29) is 5.92 Å². The smallest absolute Gasteiger partial charge is 0.262 e. The van der Waals surface area contributed by atoms with Crippen LogP contribution in [0, 0.1) is 5.92 Å². The Kier molecular flexibility index (Phi) is 7.66. The molecule has 2 amide bonds. The van der Waals surface area contributed by atoms with E-state index < -0.39 is 17.9 Å². The summed E-state index contributed by atoms with van der Waals surface area (Å²) >= 11 is 18.0. The van der Waals surface area contributed by atoms with Gasteiger partial charge in [0.15, 0.2) is 0 Å². The first-order chi connectivity index (χ1) is 12.8. The van der Waals surface area contributed by atoms with Crippen LogP contribution in [0.5, 0.6) is 0 Å². The molecule has 2 aromatic carbocycles. The zero-order valence-electron chi connectivity index (χ0n) is 14.7. The molecule has 0 aliphatic heterocycles. The van der Waals surface area contributed by atoms with E-state index in [1.54, 1.807) is 42.5 Å². The predicted octanol–water partition coefficient (Wildman–Crippen LogP) is 4.55. The SMILES string of the molecule is CC(C)C(NC(=O)c1ccccc1Cl)C(=O)N/N=C/c1cccc(Cl)c1Cl. The number of halogens is 3. The molecule has 0 bridgehead atoms. The molecule has 27 heavy (non-hydrogen) atoms. The molecule has 142 valence electrons. The van der Waals surface area contributed by atoms with Gasteiger partial charge in [0.2, 0.25) is 0 Å². The fourth-order valence-electron chi connectivity index (χ4n) is 2.25. The molecular formula is C19H18Cl3N3O2. The van der Waals surface area contributed by atoms with Crippen LogP contribution < -0.4 is 10.7 Å². The third-order valence-corrected chi connectivity index (χ3v) is 4.88. The molecule has 1 unspecified atom stereocenters. The lowest BCUT2D eigenvalue weighted by Gasteiger charge is -2.20. The minimum absolute atomic E-state index is 0.165. The Bertz CT molecular complexity index is 869. The van der Waals surface area contributed by atoms with Gasteiger partial charge in [-0.25, -0.2) is 5.43 Å². The number of carbonyl (C=O) groups is 2. The van der Waals surface area contributed by atoms with Crippen molar-refractivity contribution in [2.45, 2.75) is 19.9 Å². The Morgan fingerprint density at radius 2 is 1.67 bits per heavy atom. The van der Waals surface area contributed by atoms with Gasteiger partial charge in [-0.15, -0.1) is 0 Å². The molecule has 2 N–H and O–H groups in total. The monoisotopic (exact) mass is 425 g/mol. The van der Waals surface area contributed by atoms with Crippen molar-refractivity contribution in [3.8, 4) is 0 Å². The van der Waals surface area contributed by atoms with Gasteiger partial charge in [-0.2, -0.15) is 5.10 Å². The molecule has 8 heteroatoms. The summed E-state index contributed by atoms with van der Waals surface area (Å²) in [4.78, 5) is 24.9. The Balaban J connectivity index is 2.07. The van der Waals surface area contributed by atoms with E-state index >= 15 is 0 Å². The number of hydrogen-bond acceptors (Lipinski definition) is 3. The Morgan fingerprint density at radius 3 is 2.33 bits per heavy atom. The number of hydrogen-bond donors (Lipinski definition) is 2. The maximum absolute atomic E-state index is 12.4. The summed E-state index contributed by atoms with van der Waals surface area (Å²) in [6, 6.07) is 10.9. The van der Waals surface area contributed by atoms with Gasteiger partial charge in [0, 0.05) is 5.56 Å². The number of benzene rings is 2. The quantitative estimate of drug-likeness (QED) is 0.525. The van der Waals surface area contributed by atoms with Gasteiger partial charge >= 0.3 is 0 Å². The fraction of sp³-hybridized carbons (Fsp3) is 0.211. The lowest BCUT2D eigenvalue weighted by Crippen LogP contribution is -2.48. The van der Waals surface area contributed by atoms with Gasteiger partial charge in [-0.05, 0) is 24.1 Å². The number of nitrogens with zero attached hydrogens (tertiary/aromatic N) is 1. The number of carbonyl (C=O) groups excluding carboxylic acids is 2. The highest BCUT2D eigenvalue weighted by Gasteiger charge is 2.25. The van der Waals surface area contributed by atoms with Crippen molar-refractivity contribution in [3.05, 3.63) is 68.7 Å². The molecule has 0 radical (unpaired) electrons. The second-order valence-corrected chi connectivity index (χ2v) is 7.24. The van der Waals surface area contributed by atoms with Gasteiger partial charge in [0.25, 0.3) is 11.8 Å². The summed E-state index contributed by atoms with van der Waals surface area (Å²) < 4.78 is 0. The molecule has 2 aromatic rings. The van der Waals surface area contributed by atoms with E-state index in [4.69, 9.17) is 34.8 Å². The second-order valence-electron chi connectivity index (χ2n) is 6.05. The predicted molar refractivity (Wildman–Crippen MR) is 110 cm³/mol. The van der Waals surface area contributed by atoms with Crippen LogP contribution >= 0.6 is 34.8 Å². The molecule has 0 aliphatic rings. The first kappa shape index (κ1) is 21.2. The molecule has 0 aromatic heterocycles. The highest BCUT2D eigenvalue weighted by Crippen LogP contribution is 2.24. The molecule has 0 spiro atoms. The van der Waals surface area contributed by atoms with Gasteiger partial charge in [0.1, 0.15) is 6.04 Å². The maximum atomic E-state index is 12.4. The largest absolute Gasteiger partial charge is 0.340 e. The van der Waals surface area contributed by atoms with E-state index in [9.17, 15) is 9.59 Å². The Morgan fingerprint density at radius 1 is 1.00 bits per heavy atom. The van der Waals surface area contributed by atoms with Gasteiger partial charge in [-0.3, -0.25) is 9.59 Å². The number of rotatable bonds is 6. The summed E-state index contributed by atoms with van der Waals surface area (Å²) in [5, 5.41) is 7.62. The maximum Gasteiger partial charge on any atom is 0.262 e. The van der Waals surface area contributed by atoms with Crippen molar-refractivity contribution in [2.24, 2.45) is 11.0 Å². The minimum Gasteiger partial charge on any atom is -0.340 e. The molecule has 0 heterocycles. The summed E-state index contributed by atoms with van der Waals surface area (Å²) in [5.41, 5.74) is 3.27. The topological polar surface area (TPSA) is 70.6 Å². The summed E-state index contributed by atoms with van der Waals surface area (Å²) in [7, 11) is 0. The van der Waals surface area contributed by atoms with E-state index in [1.165, 1.54) is 6.21 Å². The zero-order valence-corrected chi connectivity index (χ0v) is 16.9. The molecule has 2 rings (SSSR count). The van der Waals surface area contributed by atoms with E-state index in [0.717, 1.165) is 0 Å². The first-order valence-electron chi connectivity index (χ1n) is 8.13. The average molecular weight is 427 g/mol. The molecule has 0 aliphatic carbocycles. The van der Waals surface area contributed by atoms with Gasteiger partial charge < -0.3 is 5.32 Å². The number of nitrogens with one attached hydrogen (secondary N) is 2. The van der Waals surface area contributed by atoms with Crippen LogP contribution in [-0.2, 0) is 4.79 Å². The average Bonchev–Trinajstić information content (AvgIpc) is 2.63. The van der Waals surface area contributed by atoms with Crippen LogP contribution in [0.2, 0.25) is 15.1 Å². The summed E-state index contributed by atoms with van der Waals surface area (Å²) in [6.45, 7) is 3.63. The first-order valence-corrected chi connectivity index (χ1v) is 9.27. The van der Waals surface area contributed by atoms with Crippen LogP contribution in [0.4, 0.5) is 0 Å². The van der Waals surface area contributed by atoms with Gasteiger partial charge in [0.05, 0.1) is 26.8 Å². The normalized spacial score (nSPS) is 12.2. The van der Waals surface area contributed by atoms with E-state index in [0.29, 0.717) is 26.2 Å². The number of hydrazone groups is 1. The molecular weight excluding hydrogens is 409 g/mol. The zero-order chi connectivity index (χ0) is 20.0. The van der Waals surface area contributed by atoms with Crippen LogP contribution in [0.15, 0.2) is 47.6 Å². The number of amides is 2. The van der Waals surface area contributed by atoms with Crippen LogP contribution in [0.3, 0.4) is 0 Å². The third-order valence-electron chi connectivity index (χ3n) is 3.71. The van der Waals surface area contributed by atoms with Crippen molar-refractivity contribution >= 4 is 52.8 Å². The summed E-state index contributed by atoms with van der Waals surface area (Å²) in [5.74, 6) is -1.06. The fourth-order valence-corrected chi connectivity index (χ4v) is 2.83. The molecule has 0 saturated carbocycles. The van der Waals surface area contributed by atoms with Crippen molar-refractivity contribution in [3.63, 3.8) is 0 Å². The molecule has 1 atom stereocenters. The standard InChI is InChI=1S/C19H18Cl3N3O2/c1-11(2)17(24-18(26)13-7-3-4-8-14(13)20)19(27)25-23-10-12-6-5-9-15(21)16(12)22/h3-11,17H,1-2H3,(H,24,26)(H,25,27)/b23-10+.